The average molecular weight is 308 g/mol. The van der Waals surface area contributed by atoms with Gasteiger partial charge in [0, 0.05) is 24.1 Å². The summed E-state index contributed by atoms with van der Waals surface area (Å²) in [5.41, 5.74) is 1.15. The molecule has 1 aromatic heterocycles. The molecular weight excluding hydrogens is 293 g/mol. The third kappa shape index (κ3) is 3.84. The number of nitrogens with zero attached hydrogens (tertiary/aromatic N) is 2. The largest absolute Gasteiger partial charge is 0.366 e. The first kappa shape index (κ1) is 13.7. The van der Waals surface area contributed by atoms with Gasteiger partial charge in [0.05, 0.1) is 0 Å². The van der Waals surface area contributed by atoms with E-state index in [0.717, 1.165) is 34.6 Å². The zero-order valence-corrected chi connectivity index (χ0v) is 12.5. The summed E-state index contributed by atoms with van der Waals surface area (Å²) < 4.78 is 0. The number of anilines is 1. The highest BCUT2D eigenvalue weighted by molar-refractivity contribution is 6.30. The smallest absolute Gasteiger partial charge is 0.134 e. The molecule has 1 saturated carbocycles. The molecule has 0 bridgehead atoms. The topological polar surface area (TPSA) is 37.8 Å². The minimum Gasteiger partial charge on any atom is -0.366 e. The summed E-state index contributed by atoms with van der Waals surface area (Å²) in [5, 5.41) is 4.51. The second kappa shape index (κ2) is 5.98. The van der Waals surface area contributed by atoms with Crippen molar-refractivity contribution in [3.63, 3.8) is 0 Å². The molecular formula is C15H15Cl2N3. The van der Waals surface area contributed by atoms with E-state index in [1.807, 2.05) is 24.3 Å². The Morgan fingerprint density at radius 2 is 1.85 bits per heavy atom. The lowest BCUT2D eigenvalue weighted by molar-refractivity contribution is 0.770. The molecule has 1 heterocycles. The summed E-state index contributed by atoms with van der Waals surface area (Å²) in [6.07, 6.45) is 3.49. The predicted molar refractivity (Wildman–Crippen MR) is 82.2 cm³/mol. The van der Waals surface area contributed by atoms with Crippen molar-refractivity contribution in [1.82, 2.24) is 9.97 Å². The van der Waals surface area contributed by atoms with Crippen LogP contribution in [-0.4, -0.2) is 9.97 Å². The molecule has 1 N–H and O–H groups in total. The highest BCUT2D eigenvalue weighted by Crippen LogP contribution is 2.32. The molecule has 1 aromatic carbocycles. The van der Waals surface area contributed by atoms with E-state index in [1.165, 1.54) is 12.8 Å². The Labute approximate surface area is 128 Å². The van der Waals surface area contributed by atoms with E-state index in [9.17, 15) is 0 Å². The zero-order valence-electron chi connectivity index (χ0n) is 10.9. The molecule has 0 aliphatic heterocycles. The molecule has 0 atom stereocenters. The van der Waals surface area contributed by atoms with Gasteiger partial charge < -0.3 is 5.32 Å². The molecule has 0 radical (unpaired) electrons. The fraction of sp³-hybridized carbons (Fsp3) is 0.333. The normalized spacial score (nSPS) is 14.3. The quantitative estimate of drug-likeness (QED) is 0.835. The van der Waals surface area contributed by atoms with Crippen LogP contribution in [0.2, 0.25) is 10.2 Å². The molecule has 104 valence electrons. The number of nitrogens with one attached hydrogen (secondary N) is 1. The Morgan fingerprint density at radius 3 is 2.55 bits per heavy atom. The fourth-order valence-corrected chi connectivity index (χ4v) is 2.35. The Balaban J connectivity index is 1.66. The Morgan fingerprint density at radius 1 is 1.10 bits per heavy atom. The van der Waals surface area contributed by atoms with Gasteiger partial charge in [-0.2, -0.15) is 0 Å². The summed E-state index contributed by atoms with van der Waals surface area (Å²) in [6, 6.07) is 9.49. The van der Waals surface area contributed by atoms with Crippen molar-refractivity contribution in [2.75, 3.05) is 5.32 Å². The van der Waals surface area contributed by atoms with Crippen LogP contribution in [0.15, 0.2) is 30.3 Å². The molecule has 1 fully saturated rings. The Bertz CT molecular complexity index is 595. The maximum absolute atomic E-state index is 6.05. The van der Waals surface area contributed by atoms with E-state index in [2.05, 4.69) is 15.3 Å². The van der Waals surface area contributed by atoms with Gasteiger partial charge in [-0.1, -0.05) is 35.3 Å². The minimum atomic E-state index is 0.495. The molecule has 3 rings (SSSR count). The van der Waals surface area contributed by atoms with Crippen molar-refractivity contribution in [2.45, 2.75) is 25.8 Å². The minimum absolute atomic E-state index is 0.495. The van der Waals surface area contributed by atoms with Crippen LogP contribution in [0.3, 0.4) is 0 Å². The number of hydrogen-bond acceptors (Lipinski definition) is 3. The van der Waals surface area contributed by atoms with E-state index in [4.69, 9.17) is 23.2 Å². The summed E-state index contributed by atoms with van der Waals surface area (Å²) in [4.78, 5) is 8.79. The molecule has 0 unspecified atom stereocenters. The number of aromatic nitrogens is 2. The second-order valence-electron chi connectivity index (χ2n) is 5.12. The molecule has 1 aliphatic rings. The summed E-state index contributed by atoms with van der Waals surface area (Å²) in [7, 11) is 0. The summed E-state index contributed by atoms with van der Waals surface area (Å²) in [6.45, 7) is 0.688. The lowest BCUT2D eigenvalue weighted by atomic mass is 10.2. The van der Waals surface area contributed by atoms with Crippen LogP contribution >= 0.6 is 23.2 Å². The maximum Gasteiger partial charge on any atom is 0.134 e. The van der Waals surface area contributed by atoms with E-state index >= 15 is 0 Å². The van der Waals surface area contributed by atoms with Crippen LogP contribution in [0.4, 0.5) is 5.82 Å². The number of benzene rings is 1. The molecule has 1 aliphatic carbocycles. The maximum atomic E-state index is 6.05. The highest BCUT2D eigenvalue weighted by Gasteiger charge is 2.23. The molecule has 20 heavy (non-hydrogen) atoms. The van der Waals surface area contributed by atoms with Crippen molar-refractivity contribution in [2.24, 2.45) is 5.92 Å². The number of hydrogen-bond donors (Lipinski definition) is 1. The van der Waals surface area contributed by atoms with Crippen LogP contribution in [0.1, 0.15) is 24.2 Å². The SMILES string of the molecule is Clc1ccc(CNc2cc(Cl)nc(CC3CC3)n2)cc1. The van der Waals surface area contributed by atoms with Gasteiger partial charge in [0.2, 0.25) is 0 Å². The molecule has 2 aromatic rings. The summed E-state index contributed by atoms with van der Waals surface area (Å²) in [5.74, 6) is 2.35. The monoisotopic (exact) mass is 307 g/mol. The van der Waals surface area contributed by atoms with E-state index in [1.54, 1.807) is 6.07 Å². The van der Waals surface area contributed by atoms with E-state index in [0.29, 0.717) is 11.7 Å². The first-order valence-corrected chi connectivity index (χ1v) is 7.46. The van der Waals surface area contributed by atoms with Crippen molar-refractivity contribution >= 4 is 29.0 Å². The molecule has 3 nitrogen and oxygen atoms in total. The third-order valence-electron chi connectivity index (χ3n) is 3.30. The second-order valence-corrected chi connectivity index (χ2v) is 5.94. The van der Waals surface area contributed by atoms with Gasteiger partial charge in [0.25, 0.3) is 0 Å². The van der Waals surface area contributed by atoms with Crippen LogP contribution in [0, 0.1) is 5.92 Å². The van der Waals surface area contributed by atoms with Gasteiger partial charge in [0.1, 0.15) is 16.8 Å². The fourth-order valence-electron chi connectivity index (χ4n) is 2.02. The molecule has 0 amide bonds. The lowest BCUT2D eigenvalue weighted by Crippen LogP contribution is -2.05. The zero-order chi connectivity index (χ0) is 13.9. The summed E-state index contributed by atoms with van der Waals surface area (Å²) >= 11 is 11.9. The molecule has 0 spiro atoms. The van der Waals surface area contributed by atoms with Crippen LogP contribution < -0.4 is 5.32 Å². The van der Waals surface area contributed by atoms with Crippen molar-refractivity contribution < 1.29 is 0 Å². The van der Waals surface area contributed by atoms with Gasteiger partial charge in [-0.05, 0) is 36.5 Å². The van der Waals surface area contributed by atoms with Crippen molar-refractivity contribution in [1.29, 1.82) is 0 Å². The first-order valence-electron chi connectivity index (χ1n) is 6.71. The van der Waals surface area contributed by atoms with Gasteiger partial charge in [-0.15, -0.1) is 0 Å². The van der Waals surface area contributed by atoms with Gasteiger partial charge in [0.15, 0.2) is 0 Å². The number of halogens is 2. The van der Waals surface area contributed by atoms with Gasteiger partial charge in [-0.25, -0.2) is 9.97 Å². The lowest BCUT2D eigenvalue weighted by Gasteiger charge is -2.08. The highest BCUT2D eigenvalue weighted by atomic mass is 35.5. The first-order chi connectivity index (χ1) is 9.69. The molecule has 0 saturated heterocycles. The molecule has 5 heteroatoms. The number of rotatable bonds is 5. The average Bonchev–Trinajstić information content (AvgIpc) is 3.21. The standard InChI is InChI=1S/C15H15Cl2N3/c16-12-5-3-11(4-6-12)9-18-14-8-13(17)19-15(20-14)7-10-1-2-10/h3-6,8,10H,1-2,7,9H2,(H,18,19,20). The Kier molecular flexibility index (Phi) is 4.08. The van der Waals surface area contributed by atoms with Crippen LogP contribution in [0.25, 0.3) is 0 Å². The Hall–Kier alpha value is -1.32. The van der Waals surface area contributed by atoms with Gasteiger partial charge in [-0.3, -0.25) is 0 Å². The van der Waals surface area contributed by atoms with E-state index in [-0.39, 0.29) is 0 Å². The third-order valence-corrected chi connectivity index (χ3v) is 3.74. The van der Waals surface area contributed by atoms with Gasteiger partial charge >= 0.3 is 0 Å². The predicted octanol–water partition coefficient (Wildman–Crippen LogP) is 4.35. The van der Waals surface area contributed by atoms with E-state index < -0.39 is 0 Å². The van der Waals surface area contributed by atoms with Crippen molar-refractivity contribution in [3.8, 4) is 0 Å². The van der Waals surface area contributed by atoms with Crippen LogP contribution in [0.5, 0.6) is 0 Å². The van der Waals surface area contributed by atoms with Crippen LogP contribution in [-0.2, 0) is 13.0 Å². The van der Waals surface area contributed by atoms with Crippen molar-refractivity contribution in [3.05, 3.63) is 51.9 Å².